The van der Waals surface area contributed by atoms with Gasteiger partial charge in [-0.2, -0.15) is 0 Å². The van der Waals surface area contributed by atoms with Crippen molar-refractivity contribution in [3.63, 3.8) is 0 Å². The zero-order valence-corrected chi connectivity index (χ0v) is 24.3. The Morgan fingerprint density at radius 1 is 0.976 bits per heavy atom. The molecule has 1 N–H and O–H groups in total. The lowest BCUT2D eigenvalue weighted by Gasteiger charge is -2.33. The van der Waals surface area contributed by atoms with E-state index in [1.54, 1.807) is 0 Å². The van der Waals surface area contributed by atoms with Gasteiger partial charge in [-0.1, -0.05) is 79.6 Å². The van der Waals surface area contributed by atoms with Crippen molar-refractivity contribution in [2.75, 3.05) is 23.7 Å². The number of amides is 2. The summed E-state index contributed by atoms with van der Waals surface area (Å²) in [6.07, 6.45) is 2.79. The number of carbonyl (C=O) groups is 2. The van der Waals surface area contributed by atoms with Crippen LogP contribution in [0.15, 0.2) is 78.9 Å². The number of benzene rings is 3. The third-order valence-corrected chi connectivity index (χ3v) is 7.68. The maximum Gasteiger partial charge on any atom is 0.271 e. The second kappa shape index (κ2) is 14.4. The van der Waals surface area contributed by atoms with E-state index < -0.39 is 33.4 Å². The quantitative estimate of drug-likeness (QED) is 0.173. The lowest BCUT2D eigenvalue weighted by atomic mass is 10.0. The number of nitrogens with one attached hydrogen (secondary N) is 1. The zero-order valence-electron chi connectivity index (χ0n) is 23.5. The van der Waals surface area contributed by atoms with Crippen LogP contribution >= 0.6 is 0 Å². The molecule has 0 saturated carbocycles. The first kappa shape index (κ1) is 31.3. The van der Waals surface area contributed by atoms with E-state index in [4.69, 9.17) is 0 Å². The molecule has 2 amide bonds. The van der Waals surface area contributed by atoms with E-state index >= 15 is 0 Å². The van der Waals surface area contributed by atoms with Crippen molar-refractivity contribution in [2.45, 2.75) is 45.7 Å². The molecular weight excluding hydrogens is 544 g/mol. The van der Waals surface area contributed by atoms with E-state index in [0.29, 0.717) is 6.54 Å². The van der Waals surface area contributed by atoms with Gasteiger partial charge in [0.05, 0.1) is 16.9 Å². The van der Waals surface area contributed by atoms with E-state index in [2.05, 4.69) is 5.32 Å². The molecule has 0 saturated heterocycles. The standard InChI is InChI=1S/C30H36N4O6S/c1-4-5-17-31-30(36)28(19-24-12-7-6-8-13-24)32(21-25-14-9-11-23(2)18-25)29(35)22-33(41(3,39)40)26-15-10-16-27(20-26)34(37)38/h6-16,18,20,28H,4-5,17,19,21-22H2,1-3H3,(H,31,36). The molecule has 0 aliphatic heterocycles. The van der Waals surface area contributed by atoms with Crippen molar-refractivity contribution in [2.24, 2.45) is 0 Å². The Labute approximate surface area is 241 Å². The predicted molar refractivity (Wildman–Crippen MR) is 159 cm³/mol. The fourth-order valence-corrected chi connectivity index (χ4v) is 5.28. The minimum Gasteiger partial charge on any atom is -0.354 e. The molecule has 0 aliphatic rings. The molecule has 3 aromatic rings. The Morgan fingerprint density at radius 2 is 1.66 bits per heavy atom. The predicted octanol–water partition coefficient (Wildman–Crippen LogP) is 4.23. The molecule has 0 spiro atoms. The van der Waals surface area contributed by atoms with Crippen molar-refractivity contribution in [3.8, 4) is 0 Å². The number of nitro groups is 1. The van der Waals surface area contributed by atoms with Gasteiger partial charge >= 0.3 is 0 Å². The normalized spacial score (nSPS) is 11.9. The highest BCUT2D eigenvalue weighted by Gasteiger charge is 2.33. The summed E-state index contributed by atoms with van der Waals surface area (Å²) in [5.41, 5.74) is 2.26. The van der Waals surface area contributed by atoms with Crippen LogP contribution in [-0.2, 0) is 32.6 Å². The monoisotopic (exact) mass is 580 g/mol. The number of sulfonamides is 1. The van der Waals surface area contributed by atoms with Crippen LogP contribution < -0.4 is 9.62 Å². The van der Waals surface area contributed by atoms with E-state index in [9.17, 15) is 28.1 Å². The molecule has 1 atom stereocenters. The Balaban J connectivity index is 2.05. The van der Waals surface area contributed by atoms with Crippen molar-refractivity contribution in [1.29, 1.82) is 0 Å². The number of non-ortho nitro benzene ring substituents is 1. The van der Waals surface area contributed by atoms with Crippen LogP contribution in [0.2, 0.25) is 0 Å². The summed E-state index contributed by atoms with van der Waals surface area (Å²) in [5.74, 6) is -0.959. The zero-order chi connectivity index (χ0) is 30.0. The van der Waals surface area contributed by atoms with E-state index in [1.165, 1.54) is 23.1 Å². The van der Waals surface area contributed by atoms with Gasteiger partial charge in [0.15, 0.2) is 0 Å². The molecule has 3 aromatic carbocycles. The molecule has 0 aliphatic carbocycles. The molecule has 0 bridgehead atoms. The van der Waals surface area contributed by atoms with Crippen molar-refractivity contribution in [3.05, 3.63) is 106 Å². The molecule has 0 fully saturated rings. The first-order valence-corrected chi connectivity index (χ1v) is 15.2. The van der Waals surface area contributed by atoms with E-state index in [0.717, 1.165) is 46.2 Å². The Bertz CT molecular complexity index is 1460. The van der Waals surface area contributed by atoms with Crippen LogP contribution in [0.25, 0.3) is 0 Å². The molecule has 218 valence electrons. The number of anilines is 1. The summed E-state index contributed by atoms with van der Waals surface area (Å²) in [6, 6.07) is 21.0. The van der Waals surface area contributed by atoms with Gasteiger partial charge < -0.3 is 10.2 Å². The van der Waals surface area contributed by atoms with Gasteiger partial charge in [-0.3, -0.25) is 24.0 Å². The summed E-state index contributed by atoms with van der Waals surface area (Å²) in [5, 5.41) is 14.3. The first-order chi connectivity index (χ1) is 19.5. The van der Waals surface area contributed by atoms with Gasteiger partial charge in [0.1, 0.15) is 12.6 Å². The highest BCUT2D eigenvalue weighted by atomic mass is 32.2. The van der Waals surface area contributed by atoms with Gasteiger partial charge in [-0.15, -0.1) is 0 Å². The van der Waals surface area contributed by atoms with Crippen LogP contribution in [0, 0.1) is 17.0 Å². The molecule has 10 nitrogen and oxygen atoms in total. The van der Waals surface area contributed by atoms with Crippen molar-refractivity contribution < 1.29 is 22.9 Å². The second-order valence-corrected chi connectivity index (χ2v) is 11.8. The third kappa shape index (κ3) is 9.14. The lowest BCUT2D eigenvalue weighted by Crippen LogP contribution is -2.53. The lowest BCUT2D eigenvalue weighted by molar-refractivity contribution is -0.384. The number of aryl methyl sites for hydroxylation is 1. The van der Waals surface area contributed by atoms with Gasteiger partial charge in [0.2, 0.25) is 21.8 Å². The SMILES string of the molecule is CCCCNC(=O)C(Cc1ccccc1)N(Cc1cccc(C)c1)C(=O)CN(c1cccc([N+](=O)[O-])c1)S(C)(=O)=O. The number of hydrogen-bond donors (Lipinski definition) is 1. The summed E-state index contributed by atoms with van der Waals surface area (Å²) in [4.78, 5) is 39.8. The maximum atomic E-state index is 14.1. The molecule has 1 unspecified atom stereocenters. The number of hydrogen-bond acceptors (Lipinski definition) is 6. The Hall–Kier alpha value is -4.25. The summed E-state index contributed by atoms with van der Waals surface area (Å²) < 4.78 is 26.5. The fraction of sp³-hybridized carbons (Fsp3) is 0.333. The van der Waals surface area contributed by atoms with Gasteiger partial charge in [0.25, 0.3) is 5.69 Å². The second-order valence-electron chi connectivity index (χ2n) is 9.91. The topological polar surface area (TPSA) is 130 Å². The molecule has 0 radical (unpaired) electrons. The van der Waals surface area contributed by atoms with Crippen LogP contribution in [0.3, 0.4) is 0 Å². The molecule has 3 rings (SSSR count). The molecule has 11 heteroatoms. The molecular formula is C30H36N4O6S. The smallest absolute Gasteiger partial charge is 0.271 e. The summed E-state index contributed by atoms with van der Waals surface area (Å²) >= 11 is 0. The number of nitro benzene ring substituents is 1. The Kier molecular flexibility index (Phi) is 11.0. The molecule has 0 heterocycles. The average Bonchev–Trinajstić information content (AvgIpc) is 2.93. The van der Waals surface area contributed by atoms with E-state index in [1.807, 2.05) is 68.4 Å². The first-order valence-electron chi connectivity index (χ1n) is 13.4. The van der Waals surface area contributed by atoms with Gasteiger partial charge in [0, 0.05) is 31.6 Å². The number of unbranched alkanes of at least 4 members (excludes halogenated alkanes) is 1. The minimum atomic E-state index is -4.03. The summed E-state index contributed by atoms with van der Waals surface area (Å²) in [7, 11) is -4.03. The van der Waals surface area contributed by atoms with Crippen LogP contribution in [-0.4, -0.2) is 55.4 Å². The highest BCUT2D eigenvalue weighted by Crippen LogP contribution is 2.24. The van der Waals surface area contributed by atoms with Crippen LogP contribution in [0.1, 0.15) is 36.5 Å². The van der Waals surface area contributed by atoms with Gasteiger partial charge in [-0.25, -0.2) is 8.42 Å². The van der Waals surface area contributed by atoms with Crippen molar-refractivity contribution >= 4 is 33.2 Å². The van der Waals surface area contributed by atoms with E-state index in [-0.39, 0.29) is 30.2 Å². The van der Waals surface area contributed by atoms with Crippen LogP contribution in [0.5, 0.6) is 0 Å². The molecule has 0 aromatic heterocycles. The van der Waals surface area contributed by atoms with Gasteiger partial charge in [-0.05, 0) is 30.5 Å². The fourth-order valence-electron chi connectivity index (χ4n) is 4.44. The maximum absolute atomic E-state index is 14.1. The summed E-state index contributed by atoms with van der Waals surface area (Å²) in [6.45, 7) is 3.79. The molecule has 41 heavy (non-hydrogen) atoms. The van der Waals surface area contributed by atoms with Crippen LogP contribution in [0.4, 0.5) is 11.4 Å². The average molecular weight is 581 g/mol. The largest absolute Gasteiger partial charge is 0.354 e. The number of rotatable bonds is 14. The van der Waals surface area contributed by atoms with Crippen molar-refractivity contribution in [1.82, 2.24) is 10.2 Å². The third-order valence-electron chi connectivity index (χ3n) is 6.54. The highest BCUT2D eigenvalue weighted by molar-refractivity contribution is 7.92. The number of nitrogens with zero attached hydrogens (tertiary/aromatic N) is 3. The number of carbonyl (C=O) groups excluding carboxylic acids is 2. The minimum absolute atomic E-state index is 0.0161. The Morgan fingerprint density at radius 3 is 2.29 bits per heavy atom.